The van der Waals surface area contributed by atoms with E-state index in [2.05, 4.69) is 5.32 Å². The van der Waals surface area contributed by atoms with E-state index in [4.69, 9.17) is 18.9 Å². The second kappa shape index (κ2) is 13.2. The Hall–Kier alpha value is -4.61. The van der Waals surface area contributed by atoms with Crippen LogP contribution in [0.2, 0.25) is 0 Å². The number of allylic oxidation sites excluding steroid dienone is 2. The third kappa shape index (κ3) is 7.33. The smallest absolute Gasteiger partial charge is 0.416 e. The van der Waals surface area contributed by atoms with Crippen molar-refractivity contribution in [2.75, 3.05) is 19.8 Å². The summed E-state index contributed by atoms with van der Waals surface area (Å²) in [6.07, 6.45) is -4.78. The molecule has 1 N–H and O–H groups in total. The van der Waals surface area contributed by atoms with Gasteiger partial charge in [0, 0.05) is 18.3 Å². The van der Waals surface area contributed by atoms with Crippen LogP contribution in [0.15, 0.2) is 71.1 Å². The van der Waals surface area contributed by atoms with E-state index in [1.165, 1.54) is 57.2 Å². The second-order valence-corrected chi connectivity index (χ2v) is 8.80. The van der Waals surface area contributed by atoms with Gasteiger partial charge < -0.3 is 24.3 Å². The average Bonchev–Trinajstić information content (AvgIpc) is 2.90. The summed E-state index contributed by atoms with van der Waals surface area (Å²) in [7, 11) is 0. The van der Waals surface area contributed by atoms with E-state index in [-0.39, 0.29) is 46.0 Å². The monoisotopic (exact) mass is 575 g/mol. The number of hydrogen-bond donors (Lipinski definition) is 1. The molecule has 1 unspecified atom stereocenters. The molecule has 218 valence electrons. The second-order valence-electron chi connectivity index (χ2n) is 8.80. The minimum atomic E-state index is -4.78. The lowest BCUT2D eigenvalue weighted by atomic mass is 9.78. The van der Waals surface area contributed by atoms with Crippen LogP contribution in [0.1, 0.15) is 55.1 Å². The highest BCUT2D eigenvalue weighted by Gasteiger charge is 2.43. The first-order valence-electron chi connectivity index (χ1n) is 12.5. The summed E-state index contributed by atoms with van der Waals surface area (Å²) in [6, 6.07) is 10.5. The number of carbonyl (C=O) groups excluding carboxylic acids is 4. The number of ether oxygens (including phenoxy) is 4. The number of benzene rings is 2. The van der Waals surface area contributed by atoms with Crippen LogP contribution in [-0.2, 0) is 34.8 Å². The molecular weight excluding hydrogens is 547 g/mol. The number of halogens is 3. The van der Waals surface area contributed by atoms with E-state index >= 15 is 0 Å². The highest BCUT2D eigenvalue weighted by atomic mass is 19.4. The molecule has 1 atom stereocenters. The fraction of sp³-hybridized carbons (Fsp3) is 0.310. The first-order chi connectivity index (χ1) is 19.4. The molecule has 0 fully saturated rings. The van der Waals surface area contributed by atoms with Gasteiger partial charge in [-0.05, 0) is 44.5 Å². The van der Waals surface area contributed by atoms with Crippen molar-refractivity contribution in [1.82, 2.24) is 5.32 Å². The molecule has 9 nitrogen and oxygen atoms in total. The molecule has 0 aromatic heterocycles. The van der Waals surface area contributed by atoms with Crippen LogP contribution in [0.25, 0.3) is 0 Å². The van der Waals surface area contributed by atoms with E-state index in [0.29, 0.717) is 0 Å². The van der Waals surface area contributed by atoms with Crippen LogP contribution in [-0.4, -0.2) is 43.7 Å². The Morgan fingerprint density at radius 2 is 1.34 bits per heavy atom. The molecule has 0 amide bonds. The molecule has 2 aromatic carbocycles. The van der Waals surface area contributed by atoms with Gasteiger partial charge in [-0.1, -0.05) is 30.3 Å². The molecule has 0 radical (unpaired) electrons. The van der Waals surface area contributed by atoms with Gasteiger partial charge in [-0.15, -0.1) is 0 Å². The summed E-state index contributed by atoms with van der Waals surface area (Å²) < 4.78 is 62.5. The number of esters is 4. The summed E-state index contributed by atoms with van der Waals surface area (Å²) in [5.74, 6) is -4.89. The van der Waals surface area contributed by atoms with Gasteiger partial charge in [-0.3, -0.25) is 4.79 Å². The van der Waals surface area contributed by atoms with Crippen molar-refractivity contribution in [3.8, 4) is 5.75 Å². The van der Waals surface area contributed by atoms with Crippen LogP contribution in [0.5, 0.6) is 5.75 Å². The van der Waals surface area contributed by atoms with Crippen molar-refractivity contribution in [1.29, 1.82) is 0 Å². The maximum Gasteiger partial charge on any atom is 0.416 e. The first kappa shape index (κ1) is 30.9. The lowest BCUT2D eigenvalue weighted by molar-refractivity contribution is -0.142. The predicted molar refractivity (Wildman–Crippen MR) is 138 cm³/mol. The molecule has 0 saturated heterocycles. The molecule has 0 bridgehead atoms. The third-order valence-electron chi connectivity index (χ3n) is 5.96. The topological polar surface area (TPSA) is 117 Å². The summed E-state index contributed by atoms with van der Waals surface area (Å²) in [5.41, 5.74) is -1.40. The molecule has 1 aliphatic heterocycles. The molecule has 0 spiro atoms. The summed E-state index contributed by atoms with van der Waals surface area (Å²) in [6.45, 7) is 4.76. The molecule has 3 rings (SSSR count). The molecule has 1 heterocycles. The Labute approximate surface area is 233 Å². The van der Waals surface area contributed by atoms with Gasteiger partial charge in [0.2, 0.25) is 0 Å². The van der Waals surface area contributed by atoms with Crippen molar-refractivity contribution in [2.45, 2.75) is 39.8 Å². The Morgan fingerprint density at radius 3 is 1.93 bits per heavy atom. The summed E-state index contributed by atoms with van der Waals surface area (Å²) >= 11 is 0. The highest BCUT2D eigenvalue weighted by Crippen LogP contribution is 2.44. The average molecular weight is 576 g/mol. The molecule has 1 aliphatic rings. The van der Waals surface area contributed by atoms with Crippen LogP contribution in [0, 0.1) is 0 Å². The maximum atomic E-state index is 14.0. The third-order valence-corrected chi connectivity index (χ3v) is 5.96. The van der Waals surface area contributed by atoms with E-state index in [1.54, 1.807) is 13.0 Å². The molecule has 2 aromatic rings. The van der Waals surface area contributed by atoms with Crippen molar-refractivity contribution >= 4 is 23.9 Å². The van der Waals surface area contributed by atoms with Gasteiger partial charge in [0.1, 0.15) is 24.5 Å². The van der Waals surface area contributed by atoms with Crippen molar-refractivity contribution < 1.29 is 51.3 Å². The lowest BCUT2D eigenvalue weighted by Crippen LogP contribution is -2.33. The normalized spacial score (nSPS) is 15.1. The molecule has 0 aliphatic carbocycles. The number of nitrogens with one attached hydrogen (secondary N) is 1. The molecule has 41 heavy (non-hydrogen) atoms. The van der Waals surface area contributed by atoms with Crippen molar-refractivity contribution in [2.24, 2.45) is 0 Å². The fourth-order valence-electron chi connectivity index (χ4n) is 4.37. The van der Waals surface area contributed by atoms with Gasteiger partial charge in [0.15, 0.2) is 0 Å². The van der Waals surface area contributed by atoms with Crippen LogP contribution in [0.3, 0.4) is 0 Å². The standard InChI is InChI=1S/C29H28F3NO8/c1-5-38-27(36)23-16(2)33-17(3)24(25(23)19-10-6-8-12-21(19)29(30,31)32)28(37)40-15-14-39-26(35)20-11-7-9-13-22(20)41-18(4)34/h6-13,25,33H,5,14-15H2,1-4H3. The Bertz CT molecular complexity index is 1410. The number of carbonyl (C=O) groups is 4. The van der Waals surface area contributed by atoms with Crippen LogP contribution < -0.4 is 10.1 Å². The number of para-hydroxylation sites is 1. The minimum absolute atomic E-state index is 0.0177. The predicted octanol–water partition coefficient (Wildman–Crippen LogP) is 4.83. The number of hydrogen-bond acceptors (Lipinski definition) is 9. The number of alkyl halides is 3. The van der Waals surface area contributed by atoms with E-state index in [9.17, 15) is 32.3 Å². The molecule has 12 heteroatoms. The lowest BCUT2D eigenvalue weighted by Gasteiger charge is -2.31. The van der Waals surface area contributed by atoms with Gasteiger partial charge in [-0.2, -0.15) is 13.2 Å². The highest BCUT2D eigenvalue weighted by molar-refractivity contribution is 6.00. The van der Waals surface area contributed by atoms with Gasteiger partial charge >= 0.3 is 30.1 Å². The van der Waals surface area contributed by atoms with Crippen LogP contribution in [0.4, 0.5) is 13.2 Å². The van der Waals surface area contributed by atoms with Crippen LogP contribution >= 0.6 is 0 Å². The zero-order valence-corrected chi connectivity index (χ0v) is 22.7. The van der Waals surface area contributed by atoms with Gasteiger partial charge in [0.25, 0.3) is 0 Å². The molecular formula is C29H28F3NO8. The minimum Gasteiger partial charge on any atom is -0.463 e. The fourth-order valence-corrected chi connectivity index (χ4v) is 4.37. The number of rotatable bonds is 9. The van der Waals surface area contributed by atoms with Gasteiger partial charge in [0.05, 0.1) is 29.2 Å². The maximum absolute atomic E-state index is 14.0. The van der Waals surface area contributed by atoms with Crippen molar-refractivity contribution in [3.63, 3.8) is 0 Å². The summed E-state index contributed by atoms with van der Waals surface area (Å²) in [4.78, 5) is 50.0. The summed E-state index contributed by atoms with van der Waals surface area (Å²) in [5, 5.41) is 2.86. The SMILES string of the molecule is CCOC(=O)C1=C(C)NC(C)=C(C(=O)OCCOC(=O)c2ccccc2OC(C)=O)C1c1ccccc1C(F)(F)F. The Kier molecular flexibility index (Phi) is 9.93. The van der Waals surface area contributed by atoms with Gasteiger partial charge in [-0.25, -0.2) is 14.4 Å². The Balaban J connectivity index is 1.86. The zero-order chi connectivity index (χ0) is 30.3. The van der Waals surface area contributed by atoms with Crippen molar-refractivity contribution in [3.05, 3.63) is 87.8 Å². The largest absolute Gasteiger partial charge is 0.463 e. The van der Waals surface area contributed by atoms with E-state index in [1.807, 2.05) is 0 Å². The first-order valence-corrected chi connectivity index (χ1v) is 12.5. The Morgan fingerprint density at radius 1 is 0.805 bits per heavy atom. The number of dihydropyridines is 1. The quantitative estimate of drug-likeness (QED) is 0.194. The zero-order valence-electron chi connectivity index (χ0n) is 22.7. The van der Waals surface area contributed by atoms with E-state index in [0.717, 1.165) is 6.07 Å². The molecule has 0 saturated carbocycles. The van der Waals surface area contributed by atoms with E-state index < -0.39 is 54.7 Å².